The third-order valence-corrected chi connectivity index (χ3v) is 4.16. The molecule has 1 amide bonds. The first kappa shape index (κ1) is 19.0. The van der Waals surface area contributed by atoms with Gasteiger partial charge in [-0.2, -0.15) is 0 Å². The molecule has 1 unspecified atom stereocenters. The number of nitrogens with one attached hydrogen (secondary N) is 1. The van der Waals surface area contributed by atoms with Crippen molar-refractivity contribution in [3.63, 3.8) is 0 Å². The van der Waals surface area contributed by atoms with Crippen molar-refractivity contribution in [3.8, 4) is 0 Å². The first-order valence-corrected chi connectivity index (χ1v) is 8.94. The summed E-state index contributed by atoms with van der Waals surface area (Å²) in [6.07, 6.45) is 1.65. The lowest BCUT2D eigenvalue weighted by atomic mass is 9.98. The van der Waals surface area contributed by atoms with Crippen molar-refractivity contribution in [3.05, 3.63) is 48.0 Å². The molecule has 0 fully saturated rings. The Balaban J connectivity index is 2.17. The lowest BCUT2D eigenvalue weighted by molar-refractivity contribution is -0.147. The Morgan fingerprint density at radius 3 is 2.52 bits per heavy atom. The van der Waals surface area contributed by atoms with E-state index in [0.29, 0.717) is 25.4 Å². The largest absolute Gasteiger partial charge is 0.464 e. The van der Waals surface area contributed by atoms with Crippen molar-refractivity contribution in [2.24, 2.45) is 5.92 Å². The van der Waals surface area contributed by atoms with Crippen LogP contribution in [0.25, 0.3) is 10.8 Å². The van der Waals surface area contributed by atoms with Gasteiger partial charge in [0, 0.05) is 12.8 Å². The zero-order valence-electron chi connectivity index (χ0n) is 15.2. The van der Waals surface area contributed by atoms with Crippen molar-refractivity contribution < 1.29 is 14.3 Å². The number of hydrogen-bond acceptors (Lipinski definition) is 3. The summed E-state index contributed by atoms with van der Waals surface area (Å²) < 4.78 is 5.16. The van der Waals surface area contributed by atoms with Crippen LogP contribution in [0.2, 0.25) is 0 Å². The van der Waals surface area contributed by atoms with E-state index in [0.717, 1.165) is 22.8 Å². The third-order valence-electron chi connectivity index (χ3n) is 4.16. The van der Waals surface area contributed by atoms with Gasteiger partial charge in [-0.15, -0.1) is 0 Å². The van der Waals surface area contributed by atoms with Crippen LogP contribution >= 0.6 is 0 Å². The maximum atomic E-state index is 12.3. The van der Waals surface area contributed by atoms with Gasteiger partial charge < -0.3 is 10.1 Å². The Morgan fingerprint density at radius 1 is 1.08 bits per heavy atom. The summed E-state index contributed by atoms with van der Waals surface area (Å²) >= 11 is 0. The monoisotopic (exact) mass is 341 g/mol. The Hall–Kier alpha value is -2.36. The average molecular weight is 341 g/mol. The summed E-state index contributed by atoms with van der Waals surface area (Å²) in [7, 11) is 0. The Morgan fingerprint density at radius 2 is 1.80 bits per heavy atom. The second-order valence-corrected chi connectivity index (χ2v) is 6.65. The fourth-order valence-corrected chi connectivity index (χ4v) is 2.81. The number of fused-ring (bicyclic) bond motifs is 1. The highest BCUT2D eigenvalue weighted by Gasteiger charge is 2.23. The number of benzene rings is 2. The molecule has 0 heterocycles. The predicted octanol–water partition coefficient (Wildman–Crippen LogP) is 3.87. The van der Waals surface area contributed by atoms with E-state index in [1.165, 1.54) is 0 Å². The number of amides is 1. The molecule has 0 aliphatic rings. The Kier molecular flexibility index (Phi) is 6.99. The highest BCUT2D eigenvalue weighted by molar-refractivity contribution is 5.88. The minimum atomic E-state index is -0.662. The highest BCUT2D eigenvalue weighted by Crippen LogP contribution is 2.20. The summed E-state index contributed by atoms with van der Waals surface area (Å²) in [4.78, 5) is 24.5. The molecule has 0 aliphatic carbocycles. The van der Waals surface area contributed by atoms with Crippen molar-refractivity contribution in [2.45, 2.75) is 46.1 Å². The van der Waals surface area contributed by atoms with Crippen LogP contribution in [0, 0.1) is 5.92 Å². The van der Waals surface area contributed by atoms with Gasteiger partial charge in [-0.1, -0.05) is 56.3 Å². The van der Waals surface area contributed by atoms with Crippen LogP contribution in [-0.4, -0.2) is 24.5 Å². The van der Waals surface area contributed by atoms with E-state index in [4.69, 9.17) is 4.74 Å². The van der Waals surface area contributed by atoms with E-state index in [9.17, 15) is 9.59 Å². The van der Waals surface area contributed by atoms with Crippen LogP contribution in [0.15, 0.2) is 42.5 Å². The first-order chi connectivity index (χ1) is 12.0. The molecule has 0 spiro atoms. The van der Waals surface area contributed by atoms with Crippen LogP contribution < -0.4 is 5.32 Å². The van der Waals surface area contributed by atoms with Crippen LogP contribution in [0.3, 0.4) is 0 Å². The molecular weight excluding hydrogens is 314 g/mol. The topological polar surface area (TPSA) is 55.4 Å². The maximum Gasteiger partial charge on any atom is 0.328 e. The SMILES string of the molecule is CCOC(=O)C(Cc1cccc2ccccc12)NC(=O)CCC(C)C. The second kappa shape index (κ2) is 9.21. The van der Waals surface area contributed by atoms with E-state index in [2.05, 4.69) is 19.2 Å². The lowest BCUT2D eigenvalue weighted by Gasteiger charge is -2.18. The van der Waals surface area contributed by atoms with Gasteiger partial charge in [0.25, 0.3) is 0 Å². The molecule has 25 heavy (non-hydrogen) atoms. The quantitative estimate of drug-likeness (QED) is 0.742. The molecule has 2 aromatic rings. The van der Waals surface area contributed by atoms with Crippen molar-refractivity contribution in [2.75, 3.05) is 6.61 Å². The molecule has 0 aromatic heterocycles. The van der Waals surface area contributed by atoms with E-state index in [-0.39, 0.29) is 11.9 Å². The van der Waals surface area contributed by atoms with E-state index in [1.807, 2.05) is 42.5 Å². The fraction of sp³-hybridized carbons (Fsp3) is 0.429. The van der Waals surface area contributed by atoms with Gasteiger partial charge in [0.2, 0.25) is 5.91 Å². The van der Waals surface area contributed by atoms with E-state index < -0.39 is 6.04 Å². The van der Waals surface area contributed by atoms with Gasteiger partial charge >= 0.3 is 5.97 Å². The zero-order valence-corrected chi connectivity index (χ0v) is 15.2. The third kappa shape index (κ3) is 5.59. The normalized spacial score (nSPS) is 12.2. The molecule has 0 bridgehead atoms. The Labute approximate surface area is 149 Å². The highest BCUT2D eigenvalue weighted by atomic mass is 16.5. The zero-order chi connectivity index (χ0) is 18.2. The van der Waals surface area contributed by atoms with Crippen LogP contribution in [0.5, 0.6) is 0 Å². The molecule has 1 atom stereocenters. The van der Waals surface area contributed by atoms with Gasteiger partial charge in [0.1, 0.15) is 6.04 Å². The summed E-state index contributed by atoms with van der Waals surface area (Å²) in [5.74, 6) is -0.0369. The number of carbonyl (C=O) groups is 2. The van der Waals surface area contributed by atoms with Crippen LogP contribution in [-0.2, 0) is 20.7 Å². The smallest absolute Gasteiger partial charge is 0.328 e. The summed E-state index contributed by atoms with van der Waals surface area (Å²) in [6, 6.07) is 13.4. The predicted molar refractivity (Wildman–Crippen MR) is 100 cm³/mol. The molecule has 4 nitrogen and oxygen atoms in total. The van der Waals surface area contributed by atoms with Gasteiger partial charge in [0.05, 0.1) is 6.61 Å². The molecular formula is C21H27NO3. The summed E-state index contributed by atoms with van der Waals surface area (Å²) in [5, 5.41) is 5.07. The number of ether oxygens (including phenoxy) is 1. The van der Waals surface area contributed by atoms with Gasteiger partial charge in [-0.3, -0.25) is 4.79 Å². The fourth-order valence-electron chi connectivity index (χ4n) is 2.81. The van der Waals surface area contributed by atoms with E-state index >= 15 is 0 Å². The average Bonchev–Trinajstić information content (AvgIpc) is 2.60. The van der Waals surface area contributed by atoms with Gasteiger partial charge in [0.15, 0.2) is 0 Å². The molecule has 1 N–H and O–H groups in total. The minimum Gasteiger partial charge on any atom is -0.464 e. The molecule has 0 saturated heterocycles. The maximum absolute atomic E-state index is 12.3. The first-order valence-electron chi connectivity index (χ1n) is 8.94. The lowest BCUT2D eigenvalue weighted by Crippen LogP contribution is -2.43. The van der Waals surface area contributed by atoms with Crippen molar-refractivity contribution >= 4 is 22.6 Å². The standard InChI is InChI=1S/C21H27NO3/c1-4-25-21(24)19(22-20(23)13-12-15(2)3)14-17-10-7-9-16-8-5-6-11-18(16)17/h5-11,15,19H,4,12-14H2,1-3H3,(H,22,23). The molecule has 0 radical (unpaired) electrons. The van der Waals surface area contributed by atoms with Crippen molar-refractivity contribution in [1.29, 1.82) is 0 Å². The van der Waals surface area contributed by atoms with E-state index in [1.54, 1.807) is 6.92 Å². The van der Waals surface area contributed by atoms with Crippen LogP contribution in [0.4, 0.5) is 0 Å². The van der Waals surface area contributed by atoms with Gasteiger partial charge in [-0.25, -0.2) is 4.79 Å². The van der Waals surface area contributed by atoms with Gasteiger partial charge in [-0.05, 0) is 35.6 Å². The minimum absolute atomic E-state index is 0.105. The molecule has 0 aliphatic heterocycles. The number of esters is 1. The molecule has 134 valence electrons. The molecule has 4 heteroatoms. The number of hydrogen-bond donors (Lipinski definition) is 1. The molecule has 0 saturated carbocycles. The molecule has 2 rings (SSSR count). The van der Waals surface area contributed by atoms with Crippen LogP contribution in [0.1, 0.15) is 39.2 Å². The summed E-state index contributed by atoms with van der Waals surface area (Å²) in [5.41, 5.74) is 1.03. The Bertz CT molecular complexity index is 719. The number of rotatable bonds is 8. The summed E-state index contributed by atoms with van der Waals surface area (Å²) in [6.45, 7) is 6.22. The molecule has 2 aromatic carbocycles. The number of carbonyl (C=O) groups excluding carboxylic acids is 2. The van der Waals surface area contributed by atoms with Crippen molar-refractivity contribution in [1.82, 2.24) is 5.32 Å². The second-order valence-electron chi connectivity index (χ2n) is 6.65.